The van der Waals surface area contributed by atoms with Crippen LogP contribution in [0.25, 0.3) is 0 Å². The Hall–Kier alpha value is -1.55. The predicted molar refractivity (Wildman–Crippen MR) is 64.6 cm³/mol. The Balaban J connectivity index is 2.17. The average Bonchev–Trinajstić information content (AvgIpc) is 2.66. The number of hydrogen-bond acceptors (Lipinski definition) is 1. The summed E-state index contributed by atoms with van der Waals surface area (Å²) in [6.07, 6.45) is 3.40. The maximum atomic E-state index is 10.7. The molecule has 82 valence electrons. The summed E-state index contributed by atoms with van der Waals surface area (Å²) >= 11 is 3.40. The average molecular weight is 280 g/mol. The van der Waals surface area contributed by atoms with Gasteiger partial charge in [0.05, 0.1) is 5.56 Å². The third-order valence-corrected chi connectivity index (χ3v) is 2.74. The van der Waals surface area contributed by atoms with Gasteiger partial charge in [0.25, 0.3) is 0 Å². The van der Waals surface area contributed by atoms with E-state index in [1.807, 2.05) is 28.8 Å². The van der Waals surface area contributed by atoms with E-state index in [2.05, 4.69) is 15.9 Å². The van der Waals surface area contributed by atoms with E-state index in [9.17, 15) is 4.79 Å². The molecule has 1 aromatic carbocycles. The van der Waals surface area contributed by atoms with Gasteiger partial charge < -0.3 is 9.67 Å². The molecule has 0 radical (unpaired) electrons. The topological polar surface area (TPSA) is 42.2 Å². The minimum Gasteiger partial charge on any atom is -0.478 e. The standard InChI is InChI=1S/C12H10BrNO2/c13-11-3-1-2-9(6-11)7-14-5-4-10(8-14)12(15)16/h1-6,8H,7H2,(H,15,16). The van der Waals surface area contributed by atoms with Crippen LogP contribution in [0.1, 0.15) is 15.9 Å². The molecule has 0 atom stereocenters. The van der Waals surface area contributed by atoms with Gasteiger partial charge in [0, 0.05) is 23.4 Å². The lowest BCUT2D eigenvalue weighted by atomic mass is 10.2. The Morgan fingerprint density at radius 3 is 2.81 bits per heavy atom. The molecule has 0 aliphatic rings. The van der Waals surface area contributed by atoms with Crippen LogP contribution in [0.2, 0.25) is 0 Å². The molecular formula is C12H10BrNO2. The van der Waals surface area contributed by atoms with E-state index in [-0.39, 0.29) is 0 Å². The van der Waals surface area contributed by atoms with E-state index in [0.29, 0.717) is 12.1 Å². The van der Waals surface area contributed by atoms with Gasteiger partial charge in [0.1, 0.15) is 0 Å². The van der Waals surface area contributed by atoms with E-state index in [4.69, 9.17) is 5.11 Å². The first kappa shape index (κ1) is 11.0. The minimum atomic E-state index is -0.895. The fraction of sp³-hybridized carbons (Fsp3) is 0.0833. The van der Waals surface area contributed by atoms with E-state index >= 15 is 0 Å². The summed E-state index contributed by atoms with van der Waals surface area (Å²) in [5.41, 5.74) is 1.44. The minimum absolute atomic E-state index is 0.315. The first-order valence-electron chi connectivity index (χ1n) is 4.78. The first-order chi connectivity index (χ1) is 7.65. The van der Waals surface area contributed by atoms with E-state index < -0.39 is 5.97 Å². The Bertz CT molecular complexity index is 519. The number of carboxylic acid groups (broad SMARTS) is 1. The molecule has 0 saturated heterocycles. The van der Waals surface area contributed by atoms with Gasteiger partial charge in [0.2, 0.25) is 0 Å². The number of hydrogen-bond donors (Lipinski definition) is 1. The summed E-state index contributed by atoms with van der Waals surface area (Å²) in [6.45, 7) is 0.673. The quantitative estimate of drug-likeness (QED) is 0.939. The van der Waals surface area contributed by atoms with Crippen molar-refractivity contribution >= 4 is 21.9 Å². The molecule has 0 spiro atoms. The van der Waals surface area contributed by atoms with Gasteiger partial charge >= 0.3 is 5.97 Å². The van der Waals surface area contributed by atoms with Crippen LogP contribution in [0.15, 0.2) is 47.2 Å². The Kier molecular flexibility index (Phi) is 3.10. The summed E-state index contributed by atoms with van der Waals surface area (Å²) in [7, 11) is 0. The van der Waals surface area contributed by atoms with Crippen molar-refractivity contribution in [3.63, 3.8) is 0 Å². The third-order valence-electron chi connectivity index (χ3n) is 2.25. The Labute approximate surface area is 101 Å². The van der Waals surface area contributed by atoms with Crippen molar-refractivity contribution in [1.29, 1.82) is 0 Å². The number of aromatic nitrogens is 1. The van der Waals surface area contributed by atoms with Gasteiger partial charge in [-0.25, -0.2) is 4.79 Å². The molecular weight excluding hydrogens is 270 g/mol. The maximum Gasteiger partial charge on any atom is 0.337 e. The number of carboxylic acids is 1. The lowest BCUT2D eigenvalue weighted by Gasteiger charge is -2.03. The zero-order valence-corrected chi connectivity index (χ0v) is 10.0. The molecule has 2 aromatic rings. The van der Waals surface area contributed by atoms with Gasteiger partial charge in [0.15, 0.2) is 0 Å². The lowest BCUT2D eigenvalue weighted by Crippen LogP contribution is -1.97. The highest BCUT2D eigenvalue weighted by Crippen LogP contribution is 2.13. The molecule has 1 aromatic heterocycles. The van der Waals surface area contributed by atoms with Crippen LogP contribution >= 0.6 is 15.9 Å². The summed E-state index contributed by atoms with van der Waals surface area (Å²) in [4.78, 5) is 10.7. The molecule has 0 aliphatic carbocycles. The van der Waals surface area contributed by atoms with Crippen LogP contribution in [-0.2, 0) is 6.54 Å². The summed E-state index contributed by atoms with van der Waals surface area (Å²) in [5, 5.41) is 8.79. The predicted octanol–water partition coefficient (Wildman–Crippen LogP) is 3.00. The van der Waals surface area contributed by atoms with Crippen LogP contribution in [0.5, 0.6) is 0 Å². The smallest absolute Gasteiger partial charge is 0.337 e. The number of carbonyl (C=O) groups is 1. The largest absolute Gasteiger partial charge is 0.478 e. The molecule has 0 amide bonds. The van der Waals surface area contributed by atoms with E-state index in [1.165, 1.54) is 0 Å². The highest BCUT2D eigenvalue weighted by molar-refractivity contribution is 9.10. The van der Waals surface area contributed by atoms with Crippen LogP contribution in [0.4, 0.5) is 0 Å². The molecule has 1 heterocycles. The number of halogens is 1. The van der Waals surface area contributed by atoms with E-state index in [0.717, 1.165) is 10.0 Å². The molecule has 0 aliphatic heterocycles. The molecule has 3 nitrogen and oxygen atoms in total. The molecule has 2 rings (SSSR count). The fourth-order valence-electron chi connectivity index (χ4n) is 1.51. The number of benzene rings is 1. The number of nitrogens with zero attached hydrogens (tertiary/aromatic N) is 1. The van der Waals surface area contributed by atoms with Crippen molar-refractivity contribution in [1.82, 2.24) is 4.57 Å². The Morgan fingerprint density at radius 2 is 2.19 bits per heavy atom. The second kappa shape index (κ2) is 4.53. The molecule has 16 heavy (non-hydrogen) atoms. The number of aromatic carboxylic acids is 1. The zero-order valence-electron chi connectivity index (χ0n) is 8.43. The van der Waals surface area contributed by atoms with Gasteiger partial charge in [-0.2, -0.15) is 0 Å². The van der Waals surface area contributed by atoms with Crippen molar-refractivity contribution in [3.05, 3.63) is 58.3 Å². The first-order valence-corrected chi connectivity index (χ1v) is 5.58. The van der Waals surface area contributed by atoms with Crippen molar-refractivity contribution in [2.24, 2.45) is 0 Å². The second-order valence-electron chi connectivity index (χ2n) is 3.51. The summed E-state index contributed by atoms with van der Waals surface area (Å²) in [5.74, 6) is -0.895. The highest BCUT2D eigenvalue weighted by Gasteiger charge is 2.04. The Morgan fingerprint density at radius 1 is 1.38 bits per heavy atom. The molecule has 0 bridgehead atoms. The van der Waals surface area contributed by atoms with E-state index in [1.54, 1.807) is 18.5 Å². The van der Waals surface area contributed by atoms with Crippen molar-refractivity contribution < 1.29 is 9.90 Å². The SMILES string of the molecule is O=C(O)c1ccn(Cc2cccc(Br)c2)c1. The highest BCUT2D eigenvalue weighted by atomic mass is 79.9. The van der Waals surface area contributed by atoms with Crippen LogP contribution in [-0.4, -0.2) is 15.6 Å². The van der Waals surface area contributed by atoms with Crippen molar-refractivity contribution in [2.45, 2.75) is 6.54 Å². The zero-order chi connectivity index (χ0) is 11.5. The molecule has 0 unspecified atom stereocenters. The lowest BCUT2D eigenvalue weighted by molar-refractivity contribution is 0.0697. The van der Waals surface area contributed by atoms with Gasteiger partial charge in [-0.05, 0) is 23.8 Å². The fourth-order valence-corrected chi connectivity index (χ4v) is 1.96. The summed E-state index contributed by atoms with van der Waals surface area (Å²) < 4.78 is 2.88. The van der Waals surface area contributed by atoms with Crippen molar-refractivity contribution in [3.8, 4) is 0 Å². The third kappa shape index (κ3) is 2.52. The van der Waals surface area contributed by atoms with Crippen LogP contribution < -0.4 is 0 Å². The summed E-state index contributed by atoms with van der Waals surface area (Å²) in [6, 6.07) is 9.54. The number of rotatable bonds is 3. The van der Waals surface area contributed by atoms with Gasteiger partial charge in [-0.15, -0.1) is 0 Å². The molecule has 1 N–H and O–H groups in total. The molecule has 4 heteroatoms. The maximum absolute atomic E-state index is 10.7. The molecule has 0 fully saturated rings. The normalized spacial score (nSPS) is 10.3. The second-order valence-corrected chi connectivity index (χ2v) is 4.42. The van der Waals surface area contributed by atoms with Crippen molar-refractivity contribution in [2.75, 3.05) is 0 Å². The van der Waals surface area contributed by atoms with Crippen LogP contribution in [0.3, 0.4) is 0 Å². The van der Waals surface area contributed by atoms with Gasteiger partial charge in [-0.1, -0.05) is 28.1 Å². The molecule has 0 saturated carbocycles. The van der Waals surface area contributed by atoms with Gasteiger partial charge in [-0.3, -0.25) is 0 Å². The monoisotopic (exact) mass is 279 g/mol. The van der Waals surface area contributed by atoms with Crippen LogP contribution in [0, 0.1) is 0 Å².